The molecule has 1 heterocycles. The molecular formula is C9H13NOS. The van der Waals surface area contributed by atoms with Gasteiger partial charge in [0.15, 0.2) is 5.09 Å². The largest absolute Gasteiger partial charge is 0.349 e. The number of hydrogen-bond acceptors (Lipinski definition) is 3. The summed E-state index contributed by atoms with van der Waals surface area (Å²) in [5, 5.41) is 5.13. The molecule has 1 aliphatic rings. The Kier molecular flexibility index (Phi) is 2.40. The van der Waals surface area contributed by atoms with E-state index in [1.54, 1.807) is 11.8 Å². The molecule has 0 aromatic carbocycles. The summed E-state index contributed by atoms with van der Waals surface area (Å²) in [5.74, 6) is 0. The molecule has 0 aliphatic heterocycles. The minimum Gasteiger partial charge on any atom is -0.349 e. The number of thioether (sulfide) groups is 1. The summed E-state index contributed by atoms with van der Waals surface area (Å²) < 4.78 is 5.24. The lowest BCUT2D eigenvalue weighted by molar-refractivity contribution is 0.341. The highest BCUT2D eigenvalue weighted by Gasteiger charge is 2.16. The molecule has 0 bridgehead atoms. The van der Waals surface area contributed by atoms with Crippen LogP contribution in [0.4, 0.5) is 0 Å². The Balaban J connectivity index is 2.32. The lowest BCUT2D eigenvalue weighted by atomic mass is 10.2. The molecular weight excluding hydrogens is 170 g/mol. The summed E-state index contributed by atoms with van der Waals surface area (Å²) >= 11 is 1.67. The van der Waals surface area contributed by atoms with Gasteiger partial charge in [0, 0.05) is 5.56 Å². The van der Waals surface area contributed by atoms with Gasteiger partial charge in [-0.25, -0.2) is 0 Å². The van der Waals surface area contributed by atoms with E-state index < -0.39 is 0 Å². The fourth-order valence-electron chi connectivity index (χ4n) is 1.70. The lowest BCUT2D eigenvalue weighted by Gasteiger charge is -1.94. The van der Waals surface area contributed by atoms with Crippen LogP contribution in [0.3, 0.4) is 0 Å². The number of rotatable bonds is 1. The van der Waals surface area contributed by atoms with Crippen LogP contribution in [0.25, 0.3) is 0 Å². The summed E-state index contributed by atoms with van der Waals surface area (Å²) in [6.45, 7) is 0. The first-order valence-corrected chi connectivity index (χ1v) is 5.65. The Hall–Kier alpha value is -0.440. The van der Waals surface area contributed by atoms with Crippen molar-refractivity contribution < 1.29 is 4.52 Å². The molecule has 0 saturated heterocycles. The standard InChI is InChI=1S/C9H13NOS/c1-12-9-7-5-3-2-4-6-8(7)10-11-9/h2-6H2,1H3. The van der Waals surface area contributed by atoms with Crippen LogP contribution >= 0.6 is 11.8 Å². The lowest BCUT2D eigenvalue weighted by Crippen LogP contribution is -1.87. The third kappa shape index (κ3) is 1.38. The molecule has 1 aliphatic carbocycles. The van der Waals surface area contributed by atoms with E-state index in [2.05, 4.69) is 5.16 Å². The zero-order valence-electron chi connectivity index (χ0n) is 7.30. The van der Waals surface area contributed by atoms with Crippen molar-refractivity contribution in [3.63, 3.8) is 0 Å². The van der Waals surface area contributed by atoms with E-state index in [4.69, 9.17) is 4.52 Å². The maximum atomic E-state index is 5.24. The topological polar surface area (TPSA) is 26.0 Å². The van der Waals surface area contributed by atoms with Gasteiger partial charge < -0.3 is 4.52 Å². The zero-order valence-corrected chi connectivity index (χ0v) is 8.12. The first-order valence-electron chi connectivity index (χ1n) is 4.43. The van der Waals surface area contributed by atoms with Crippen molar-refractivity contribution in [2.45, 2.75) is 37.2 Å². The molecule has 0 spiro atoms. The van der Waals surface area contributed by atoms with E-state index in [-0.39, 0.29) is 0 Å². The minimum absolute atomic E-state index is 1.03. The van der Waals surface area contributed by atoms with Crippen molar-refractivity contribution in [1.82, 2.24) is 5.16 Å². The molecule has 2 rings (SSSR count). The first kappa shape index (κ1) is 8.17. The Morgan fingerprint density at radius 2 is 2.08 bits per heavy atom. The molecule has 66 valence electrons. The summed E-state index contributed by atoms with van der Waals surface area (Å²) in [5.41, 5.74) is 2.58. The summed E-state index contributed by atoms with van der Waals surface area (Å²) in [7, 11) is 0. The van der Waals surface area contributed by atoms with Gasteiger partial charge in [0.2, 0.25) is 0 Å². The van der Waals surface area contributed by atoms with Gasteiger partial charge in [-0.1, -0.05) is 23.3 Å². The normalized spacial score (nSPS) is 17.1. The molecule has 2 nitrogen and oxygen atoms in total. The van der Waals surface area contributed by atoms with Crippen LogP contribution in [-0.2, 0) is 12.8 Å². The van der Waals surface area contributed by atoms with Crippen molar-refractivity contribution in [2.24, 2.45) is 0 Å². The second kappa shape index (κ2) is 3.52. The van der Waals surface area contributed by atoms with E-state index in [0.29, 0.717) is 0 Å². The maximum Gasteiger partial charge on any atom is 0.196 e. The Morgan fingerprint density at radius 1 is 1.25 bits per heavy atom. The van der Waals surface area contributed by atoms with Gasteiger partial charge >= 0.3 is 0 Å². The highest BCUT2D eigenvalue weighted by molar-refractivity contribution is 7.98. The van der Waals surface area contributed by atoms with Crippen LogP contribution in [0, 0.1) is 0 Å². The summed E-state index contributed by atoms with van der Waals surface area (Å²) in [6, 6.07) is 0. The number of nitrogens with zero attached hydrogens (tertiary/aromatic N) is 1. The van der Waals surface area contributed by atoms with Crippen LogP contribution in [0.5, 0.6) is 0 Å². The highest BCUT2D eigenvalue weighted by Crippen LogP contribution is 2.28. The van der Waals surface area contributed by atoms with Gasteiger partial charge in [0.05, 0.1) is 5.69 Å². The molecule has 0 fully saturated rings. The number of fused-ring (bicyclic) bond motifs is 1. The Morgan fingerprint density at radius 3 is 2.92 bits per heavy atom. The van der Waals surface area contributed by atoms with Crippen molar-refractivity contribution in [3.05, 3.63) is 11.3 Å². The smallest absolute Gasteiger partial charge is 0.196 e. The molecule has 0 amide bonds. The summed E-state index contributed by atoms with van der Waals surface area (Å²) in [4.78, 5) is 0. The maximum absolute atomic E-state index is 5.24. The molecule has 0 atom stereocenters. The van der Waals surface area contributed by atoms with Gasteiger partial charge in [0.1, 0.15) is 0 Å². The average Bonchev–Trinajstić information content (AvgIpc) is 2.33. The van der Waals surface area contributed by atoms with Crippen molar-refractivity contribution >= 4 is 11.8 Å². The first-order chi connectivity index (χ1) is 5.92. The highest BCUT2D eigenvalue weighted by atomic mass is 32.2. The van der Waals surface area contributed by atoms with Crippen molar-refractivity contribution in [2.75, 3.05) is 6.26 Å². The van der Waals surface area contributed by atoms with Gasteiger partial charge in [0.25, 0.3) is 0 Å². The molecule has 1 aromatic heterocycles. The quantitative estimate of drug-likeness (QED) is 0.494. The van der Waals surface area contributed by atoms with Crippen LogP contribution in [-0.4, -0.2) is 11.4 Å². The van der Waals surface area contributed by atoms with Crippen LogP contribution in [0.2, 0.25) is 0 Å². The predicted octanol–water partition coefficient (Wildman–Crippen LogP) is 2.67. The summed E-state index contributed by atoms with van der Waals surface area (Å²) in [6.07, 6.45) is 8.22. The SMILES string of the molecule is CSc1onc2c1CCCCC2. The molecule has 12 heavy (non-hydrogen) atoms. The van der Waals surface area contributed by atoms with Crippen LogP contribution < -0.4 is 0 Å². The number of aryl methyl sites for hydroxylation is 1. The third-order valence-corrected chi connectivity index (χ3v) is 3.05. The predicted molar refractivity (Wildman–Crippen MR) is 49.5 cm³/mol. The Bertz CT molecular complexity index is 269. The van der Waals surface area contributed by atoms with E-state index in [1.165, 1.54) is 30.5 Å². The Labute approximate surface area is 76.7 Å². The van der Waals surface area contributed by atoms with Crippen LogP contribution in [0.1, 0.15) is 30.5 Å². The van der Waals surface area contributed by atoms with Crippen molar-refractivity contribution in [1.29, 1.82) is 0 Å². The second-order valence-electron chi connectivity index (χ2n) is 3.16. The van der Waals surface area contributed by atoms with Crippen LogP contribution in [0.15, 0.2) is 9.62 Å². The molecule has 0 N–H and O–H groups in total. The van der Waals surface area contributed by atoms with E-state index in [0.717, 1.165) is 17.9 Å². The molecule has 0 unspecified atom stereocenters. The molecule has 0 radical (unpaired) electrons. The van der Waals surface area contributed by atoms with Gasteiger partial charge in [-0.3, -0.25) is 0 Å². The molecule has 1 aromatic rings. The zero-order chi connectivity index (χ0) is 8.39. The number of hydrogen-bond donors (Lipinski definition) is 0. The minimum atomic E-state index is 1.03. The fourth-order valence-corrected chi connectivity index (χ4v) is 2.28. The van der Waals surface area contributed by atoms with Gasteiger partial charge in [-0.2, -0.15) is 0 Å². The monoisotopic (exact) mass is 183 g/mol. The third-order valence-electron chi connectivity index (χ3n) is 2.36. The van der Waals surface area contributed by atoms with Gasteiger partial charge in [-0.15, -0.1) is 0 Å². The van der Waals surface area contributed by atoms with Crippen molar-refractivity contribution in [3.8, 4) is 0 Å². The second-order valence-corrected chi connectivity index (χ2v) is 3.94. The molecule has 3 heteroatoms. The van der Waals surface area contributed by atoms with E-state index in [1.807, 2.05) is 6.26 Å². The number of aromatic nitrogens is 1. The van der Waals surface area contributed by atoms with E-state index in [9.17, 15) is 0 Å². The molecule has 0 saturated carbocycles. The average molecular weight is 183 g/mol. The van der Waals surface area contributed by atoms with E-state index >= 15 is 0 Å². The van der Waals surface area contributed by atoms with Gasteiger partial charge in [-0.05, 0) is 31.9 Å². The fraction of sp³-hybridized carbons (Fsp3) is 0.667.